The molecule has 8 nitrogen and oxygen atoms in total. The van der Waals surface area contributed by atoms with Crippen LogP contribution in [0.5, 0.6) is 0 Å². The number of halogens is 3. The number of benzene rings is 1. The lowest BCUT2D eigenvalue weighted by molar-refractivity contribution is -0.201. The Bertz CT molecular complexity index is 1170. The lowest BCUT2D eigenvalue weighted by atomic mass is 9.86. The average molecular weight is 450 g/mol. The van der Waals surface area contributed by atoms with Crippen molar-refractivity contribution in [3.63, 3.8) is 0 Å². The van der Waals surface area contributed by atoms with Gasteiger partial charge in [-0.25, -0.2) is 4.79 Å². The predicted molar refractivity (Wildman–Crippen MR) is 108 cm³/mol. The minimum absolute atomic E-state index is 0.191. The monoisotopic (exact) mass is 450 g/mol. The van der Waals surface area contributed by atoms with Crippen molar-refractivity contribution in [2.24, 2.45) is 5.92 Å². The van der Waals surface area contributed by atoms with Gasteiger partial charge in [0.05, 0.1) is 6.54 Å². The Balaban J connectivity index is 1.85. The highest BCUT2D eigenvalue weighted by molar-refractivity contribution is 6.07. The highest BCUT2D eigenvalue weighted by atomic mass is 19.4. The van der Waals surface area contributed by atoms with Crippen LogP contribution >= 0.6 is 0 Å². The van der Waals surface area contributed by atoms with Gasteiger partial charge in [0, 0.05) is 5.92 Å². The van der Waals surface area contributed by atoms with E-state index in [9.17, 15) is 32.3 Å². The van der Waals surface area contributed by atoms with E-state index >= 15 is 0 Å². The third-order valence-electron chi connectivity index (χ3n) is 6.04. The normalized spacial score (nSPS) is 21.2. The molecule has 0 bridgehead atoms. The summed E-state index contributed by atoms with van der Waals surface area (Å²) < 4.78 is 44.0. The molecule has 1 aromatic carbocycles. The molecule has 0 radical (unpaired) electrons. The van der Waals surface area contributed by atoms with E-state index < -0.39 is 52.1 Å². The molecule has 2 aromatic rings. The average Bonchev–Trinajstić information content (AvgIpc) is 3.06. The van der Waals surface area contributed by atoms with Crippen molar-refractivity contribution in [3.05, 3.63) is 62.3 Å². The topological polar surface area (TPSA) is 113 Å². The number of carbonyl (C=O) groups is 2. The second-order valence-electron chi connectivity index (χ2n) is 8.08. The van der Waals surface area contributed by atoms with E-state index in [-0.39, 0.29) is 6.54 Å². The minimum Gasteiger partial charge on any atom is -0.330 e. The van der Waals surface area contributed by atoms with Crippen molar-refractivity contribution in [1.29, 1.82) is 0 Å². The number of aromatic amines is 1. The molecule has 2 amide bonds. The van der Waals surface area contributed by atoms with Gasteiger partial charge in [0.1, 0.15) is 11.4 Å². The van der Waals surface area contributed by atoms with Crippen molar-refractivity contribution >= 4 is 17.6 Å². The van der Waals surface area contributed by atoms with Crippen molar-refractivity contribution in [2.75, 3.05) is 5.32 Å². The van der Waals surface area contributed by atoms with Gasteiger partial charge in [0.15, 0.2) is 0 Å². The molecule has 1 saturated carbocycles. The first-order valence-corrected chi connectivity index (χ1v) is 10.3. The summed E-state index contributed by atoms with van der Waals surface area (Å²) in [6.45, 7) is -0.191. The van der Waals surface area contributed by atoms with E-state index in [1.54, 1.807) is 30.3 Å². The molecule has 0 spiro atoms. The third kappa shape index (κ3) is 3.51. The molecule has 32 heavy (non-hydrogen) atoms. The van der Waals surface area contributed by atoms with E-state index in [0.29, 0.717) is 31.2 Å². The van der Waals surface area contributed by atoms with Crippen molar-refractivity contribution in [3.8, 4) is 0 Å². The number of aromatic nitrogens is 2. The van der Waals surface area contributed by atoms with Gasteiger partial charge in [-0.3, -0.25) is 23.9 Å². The fourth-order valence-corrected chi connectivity index (χ4v) is 4.39. The second kappa shape index (κ2) is 7.95. The smallest absolute Gasteiger partial charge is 0.330 e. The van der Waals surface area contributed by atoms with Gasteiger partial charge in [-0.15, -0.1) is 0 Å². The molecule has 4 rings (SSSR count). The molecule has 2 heterocycles. The summed E-state index contributed by atoms with van der Waals surface area (Å²) in [5.41, 5.74) is -6.41. The largest absolute Gasteiger partial charge is 0.425 e. The quantitative estimate of drug-likeness (QED) is 0.661. The van der Waals surface area contributed by atoms with Crippen molar-refractivity contribution < 1.29 is 22.8 Å². The summed E-state index contributed by atoms with van der Waals surface area (Å²) in [6, 6.07) is 8.36. The molecule has 2 aliphatic rings. The summed E-state index contributed by atoms with van der Waals surface area (Å²) in [5.74, 6) is -3.82. The van der Waals surface area contributed by atoms with Gasteiger partial charge < -0.3 is 10.6 Å². The van der Waals surface area contributed by atoms with Gasteiger partial charge in [0.25, 0.3) is 11.5 Å². The highest BCUT2D eigenvalue weighted by Gasteiger charge is 2.68. The lowest BCUT2D eigenvalue weighted by Gasteiger charge is -2.32. The van der Waals surface area contributed by atoms with E-state index in [1.807, 2.05) is 15.6 Å². The van der Waals surface area contributed by atoms with Crippen LogP contribution in [0.25, 0.3) is 0 Å². The number of hydrogen-bond donors (Lipinski definition) is 3. The van der Waals surface area contributed by atoms with E-state index in [2.05, 4.69) is 0 Å². The minimum atomic E-state index is -5.32. The Morgan fingerprint density at radius 2 is 1.75 bits per heavy atom. The van der Waals surface area contributed by atoms with Gasteiger partial charge in [-0.05, 0) is 18.4 Å². The second-order valence-corrected chi connectivity index (χ2v) is 8.08. The van der Waals surface area contributed by atoms with Gasteiger partial charge in [0.2, 0.25) is 11.4 Å². The van der Waals surface area contributed by atoms with Crippen LogP contribution < -0.4 is 21.9 Å². The standard InChI is InChI=1S/C21H21F3N4O4/c22-21(23,24)20(27-16(29)13-9-5-2-6-10-13)14-15(25-18(20)31)28(19(32)26-17(14)30)11-12-7-3-1-4-8-12/h1,3-4,7-8,13H,2,5-6,9-11H2,(H,25,31)(H,27,29)(H,26,30,32). The number of amides is 2. The van der Waals surface area contributed by atoms with Gasteiger partial charge in [-0.1, -0.05) is 49.6 Å². The number of alkyl halides is 3. The number of rotatable bonds is 4. The molecule has 1 aromatic heterocycles. The Hall–Kier alpha value is -3.37. The number of fused-ring (bicyclic) bond motifs is 1. The van der Waals surface area contributed by atoms with Crippen LogP contribution in [-0.4, -0.2) is 27.5 Å². The number of nitrogens with zero attached hydrogens (tertiary/aromatic N) is 1. The zero-order valence-corrected chi connectivity index (χ0v) is 16.9. The van der Waals surface area contributed by atoms with Gasteiger partial charge in [-0.2, -0.15) is 13.2 Å². The summed E-state index contributed by atoms with van der Waals surface area (Å²) in [4.78, 5) is 52.4. The Labute approximate surface area is 179 Å². The van der Waals surface area contributed by atoms with Crippen LogP contribution in [-0.2, 0) is 21.7 Å². The zero-order valence-electron chi connectivity index (χ0n) is 16.9. The molecule has 3 N–H and O–H groups in total. The van der Waals surface area contributed by atoms with E-state index in [0.717, 1.165) is 11.0 Å². The Morgan fingerprint density at radius 1 is 1.09 bits per heavy atom. The number of hydrogen-bond acceptors (Lipinski definition) is 4. The molecule has 1 aliphatic heterocycles. The number of nitrogens with one attached hydrogen (secondary N) is 3. The fourth-order valence-electron chi connectivity index (χ4n) is 4.39. The maximum atomic E-state index is 14.4. The lowest BCUT2D eigenvalue weighted by Crippen LogP contribution is -2.63. The van der Waals surface area contributed by atoms with Crippen LogP contribution in [0.2, 0.25) is 0 Å². The van der Waals surface area contributed by atoms with Crippen LogP contribution in [0.3, 0.4) is 0 Å². The van der Waals surface area contributed by atoms with E-state index in [4.69, 9.17) is 0 Å². The van der Waals surface area contributed by atoms with Crippen LogP contribution in [0.4, 0.5) is 19.0 Å². The maximum absolute atomic E-state index is 14.4. The molecule has 1 fully saturated rings. The summed E-state index contributed by atoms with van der Waals surface area (Å²) in [5, 5.41) is 3.89. The fraction of sp³-hybridized carbons (Fsp3) is 0.429. The molecule has 0 saturated heterocycles. The first-order valence-electron chi connectivity index (χ1n) is 10.3. The first-order chi connectivity index (χ1) is 15.1. The first kappa shape index (κ1) is 21.8. The SMILES string of the molecule is O=C(NC1(C(F)(F)F)C(=O)Nc2c1c(=O)[nH]c(=O)n2Cc1ccccc1)C1CCCCC1. The molecule has 11 heteroatoms. The van der Waals surface area contributed by atoms with Crippen molar-refractivity contribution in [1.82, 2.24) is 14.9 Å². The molecule has 1 unspecified atom stereocenters. The van der Waals surface area contributed by atoms with Crippen LogP contribution in [0, 0.1) is 5.92 Å². The molecular formula is C21H21F3N4O4. The van der Waals surface area contributed by atoms with Crippen LogP contribution in [0.1, 0.15) is 43.2 Å². The number of anilines is 1. The molecule has 1 atom stereocenters. The summed E-state index contributed by atoms with van der Waals surface area (Å²) in [7, 11) is 0. The van der Waals surface area contributed by atoms with Crippen molar-refractivity contribution in [2.45, 2.75) is 50.4 Å². The zero-order chi connectivity index (χ0) is 23.1. The Kier molecular flexibility index (Phi) is 5.43. The third-order valence-corrected chi connectivity index (χ3v) is 6.04. The number of carbonyl (C=O) groups excluding carboxylic acids is 2. The molecule has 1 aliphatic carbocycles. The van der Waals surface area contributed by atoms with Crippen LogP contribution in [0.15, 0.2) is 39.9 Å². The molecular weight excluding hydrogens is 429 g/mol. The highest BCUT2D eigenvalue weighted by Crippen LogP contribution is 2.45. The van der Waals surface area contributed by atoms with Gasteiger partial charge >= 0.3 is 11.9 Å². The predicted octanol–water partition coefficient (Wildman–Crippen LogP) is 1.99. The maximum Gasteiger partial charge on any atom is 0.425 e. The van der Waals surface area contributed by atoms with E-state index in [1.165, 1.54) is 0 Å². The Morgan fingerprint density at radius 3 is 2.38 bits per heavy atom. The summed E-state index contributed by atoms with van der Waals surface area (Å²) >= 11 is 0. The molecule has 170 valence electrons. The number of H-pyrrole nitrogens is 1. The summed E-state index contributed by atoms with van der Waals surface area (Å²) in [6.07, 6.45) is -2.26.